The quantitative estimate of drug-likeness (QED) is 0.494. The van der Waals surface area contributed by atoms with Crippen LogP contribution in [-0.2, 0) is 14.3 Å². The third-order valence-electron chi connectivity index (χ3n) is 7.91. The lowest BCUT2D eigenvalue weighted by Gasteiger charge is -2.37. The number of ketones is 1. The molecule has 2 aromatic carbocycles. The number of dihydropyridines is 1. The molecule has 3 aliphatic rings. The number of hydrogen-bond acceptors (Lipinski definition) is 6. The first-order valence-electron chi connectivity index (χ1n) is 13.2. The Morgan fingerprint density at radius 2 is 1.43 bits per heavy atom. The normalized spacial score (nSPS) is 22.3. The third-order valence-corrected chi connectivity index (χ3v) is 7.91. The van der Waals surface area contributed by atoms with Gasteiger partial charge in [-0.15, -0.1) is 0 Å². The van der Waals surface area contributed by atoms with E-state index >= 15 is 0 Å². The first-order chi connectivity index (χ1) is 18.0. The van der Waals surface area contributed by atoms with E-state index in [4.69, 9.17) is 14.2 Å². The van der Waals surface area contributed by atoms with Crippen LogP contribution in [0.3, 0.4) is 0 Å². The highest BCUT2D eigenvalue weighted by atomic mass is 16.5. The predicted molar refractivity (Wildman–Crippen MR) is 142 cm³/mol. The second-order valence-electron chi connectivity index (χ2n) is 10.2. The summed E-state index contributed by atoms with van der Waals surface area (Å²) in [5.41, 5.74) is 4.85. The van der Waals surface area contributed by atoms with Crippen LogP contribution in [0.4, 0.5) is 0 Å². The Hall–Kier alpha value is -3.54. The average Bonchev–Trinajstić information content (AvgIpc) is 2.92. The van der Waals surface area contributed by atoms with Crippen molar-refractivity contribution in [1.29, 1.82) is 0 Å². The lowest BCUT2D eigenvalue weighted by Crippen LogP contribution is -2.37. The van der Waals surface area contributed by atoms with Crippen LogP contribution in [0.25, 0.3) is 0 Å². The monoisotopic (exact) mass is 501 g/mol. The SMILES string of the molecule is COc1ccc([C@@H]2CC(=O)C3=C(C2)NC(C)=C(C(=O)OC2CCCCC2)[C@H]3c2ccc(OC)cc2)cc1. The molecule has 2 aliphatic carbocycles. The van der Waals surface area contributed by atoms with E-state index in [2.05, 4.69) is 5.32 Å². The zero-order valence-electron chi connectivity index (χ0n) is 21.8. The van der Waals surface area contributed by atoms with Gasteiger partial charge in [-0.1, -0.05) is 30.7 Å². The fourth-order valence-corrected chi connectivity index (χ4v) is 5.95. The van der Waals surface area contributed by atoms with Crippen molar-refractivity contribution in [2.24, 2.45) is 0 Å². The molecular formula is C31H35NO5. The number of nitrogens with one attached hydrogen (secondary N) is 1. The van der Waals surface area contributed by atoms with Gasteiger partial charge in [-0.25, -0.2) is 4.79 Å². The van der Waals surface area contributed by atoms with Gasteiger partial charge in [0.25, 0.3) is 0 Å². The molecule has 194 valence electrons. The Morgan fingerprint density at radius 1 is 0.838 bits per heavy atom. The highest BCUT2D eigenvalue weighted by Gasteiger charge is 2.42. The van der Waals surface area contributed by atoms with E-state index in [-0.39, 0.29) is 23.8 Å². The van der Waals surface area contributed by atoms with Crippen LogP contribution in [0.1, 0.15) is 74.8 Å². The maximum absolute atomic E-state index is 13.8. The molecule has 0 radical (unpaired) electrons. The van der Waals surface area contributed by atoms with Gasteiger partial charge in [0.1, 0.15) is 17.6 Å². The minimum absolute atomic E-state index is 0.0599. The molecule has 1 aliphatic heterocycles. The second-order valence-corrected chi connectivity index (χ2v) is 10.2. The molecule has 1 N–H and O–H groups in total. The van der Waals surface area contributed by atoms with Crippen molar-refractivity contribution >= 4 is 11.8 Å². The highest BCUT2D eigenvalue weighted by molar-refractivity contribution is 6.04. The molecule has 1 heterocycles. The van der Waals surface area contributed by atoms with Gasteiger partial charge in [0.15, 0.2) is 5.78 Å². The Kier molecular flexibility index (Phi) is 7.36. The van der Waals surface area contributed by atoms with Crippen molar-refractivity contribution in [2.75, 3.05) is 14.2 Å². The van der Waals surface area contributed by atoms with Crippen LogP contribution < -0.4 is 14.8 Å². The smallest absolute Gasteiger partial charge is 0.337 e. The zero-order valence-corrected chi connectivity index (χ0v) is 21.8. The fourth-order valence-electron chi connectivity index (χ4n) is 5.95. The molecule has 2 atom stereocenters. The van der Waals surface area contributed by atoms with Crippen molar-refractivity contribution in [3.05, 3.63) is 82.2 Å². The summed E-state index contributed by atoms with van der Waals surface area (Å²) in [6, 6.07) is 15.6. The topological polar surface area (TPSA) is 73.9 Å². The summed E-state index contributed by atoms with van der Waals surface area (Å²) in [6.07, 6.45) is 6.17. The van der Waals surface area contributed by atoms with Gasteiger partial charge >= 0.3 is 5.97 Å². The van der Waals surface area contributed by atoms with Gasteiger partial charge in [0, 0.05) is 29.3 Å². The maximum Gasteiger partial charge on any atom is 0.337 e. The number of rotatable bonds is 6. The molecule has 1 saturated carbocycles. The molecule has 6 nitrogen and oxygen atoms in total. The van der Waals surface area contributed by atoms with Gasteiger partial charge in [0.05, 0.1) is 19.8 Å². The minimum atomic E-state index is -0.470. The van der Waals surface area contributed by atoms with Crippen LogP contribution in [0.2, 0.25) is 0 Å². The van der Waals surface area contributed by atoms with E-state index in [1.807, 2.05) is 55.5 Å². The second kappa shape index (κ2) is 10.8. The first kappa shape index (κ1) is 25.1. The highest BCUT2D eigenvalue weighted by Crippen LogP contribution is 2.46. The maximum atomic E-state index is 13.8. The molecule has 37 heavy (non-hydrogen) atoms. The van der Waals surface area contributed by atoms with Crippen LogP contribution in [0, 0.1) is 0 Å². The lowest BCUT2D eigenvalue weighted by molar-refractivity contribution is -0.146. The molecule has 2 aromatic rings. The first-order valence-corrected chi connectivity index (χ1v) is 13.2. The van der Waals surface area contributed by atoms with Crippen molar-refractivity contribution in [1.82, 2.24) is 5.32 Å². The number of Topliss-reactive ketones (excluding diaryl/α,β-unsaturated/α-hetero) is 1. The Morgan fingerprint density at radius 3 is 2.03 bits per heavy atom. The summed E-state index contributed by atoms with van der Waals surface area (Å²) in [6.45, 7) is 1.92. The Bertz CT molecular complexity index is 1220. The minimum Gasteiger partial charge on any atom is -0.497 e. The summed E-state index contributed by atoms with van der Waals surface area (Å²) in [5, 5.41) is 3.45. The fraction of sp³-hybridized carbons (Fsp3) is 0.419. The van der Waals surface area contributed by atoms with Crippen LogP contribution >= 0.6 is 0 Å². The molecule has 0 aromatic heterocycles. The van der Waals surface area contributed by atoms with Gasteiger partial charge in [-0.2, -0.15) is 0 Å². The molecule has 5 rings (SSSR count). The molecule has 0 unspecified atom stereocenters. The van der Waals surface area contributed by atoms with Gasteiger partial charge in [-0.3, -0.25) is 4.79 Å². The Labute approximate surface area is 218 Å². The summed E-state index contributed by atoms with van der Waals surface area (Å²) in [7, 11) is 3.27. The summed E-state index contributed by atoms with van der Waals surface area (Å²) in [4.78, 5) is 27.4. The van der Waals surface area contributed by atoms with Crippen LogP contribution in [-0.4, -0.2) is 32.1 Å². The van der Waals surface area contributed by atoms with E-state index in [0.717, 1.165) is 59.7 Å². The summed E-state index contributed by atoms with van der Waals surface area (Å²) < 4.78 is 16.7. The Balaban J connectivity index is 1.50. The van der Waals surface area contributed by atoms with E-state index in [1.54, 1.807) is 14.2 Å². The molecular weight excluding hydrogens is 466 g/mol. The molecule has 0 bridgehead atoms. The predicted octanol–water partition coefficient (Wildman–Crippen LogP) is 5.94. The van der Waals surface area contributed by atoms with Crippen LogP contribution in [0.15, 0.2) is 71.1 Å². The average molecular weight is 502 g/mol. The van der Waals surface area contributed by atoms with Crippen molar-refractivity contribution < 1.29 is 23.8 Å². The number of allylic oxidation sites excluding steroid dienone is 3. The number of carbonyl (C=O) groups is 2. The van der Waals surface area contributed by atoms with Crippen molar-refractivity contribution in [2.45, 2.75) is 69.8 Å². The van der Waals surface area contributed by atoms with Gasteiger partial charge in [-0.05, 0) is 80.3 Å². The number of benzene rings is 2. The number of ether oxygens (including phenoxy) is 3. The van der Waals surface area contributed by atoms with E-state index in [9.17, 15) is 9.59 Å². The number of esters is 1. The molecule has 0 spiro atoms. The van der Waals surface area contributed by atoms with E-state index in [1.165, 1.54) is 6.42 Å². The number of hydrogen-bond donors (Lipinski definition) is 1. The molecule has 6 heteroatoms. The molecule has 0 amide bonds. The number of methoxy groups -OCH3 is 2. The van der Waals surface area contributed by atoms with Crippen molar-refractivity contribution in [3.8, 4) is 11.5 Å². The van der Waals surface area contributed by atoms with Crippen LogP contribution in [0.5, 0.6) is 11.5 Å². The number of carbonyl (C=O) groups excluding carboxylic acids is 2. The van der Waals surface area contributed by atoms with E-state index < -0.39 is 5.92 Å². The van der Waals surface area contributed by atoms with Gasteiger partial charge in [0.2, 0.25) is 0 Å². The lowest BCUT2D eigenvalue weighted by atomic mass is 9.71. The van der Waals surface area contributed by atoms with E-state index in [0.29, 0.717) is 24.0 Å². The van der Waals surface area contributed by atoms with Crippen molar-refractivity contribution in [3.63, 3.8) is 0 Å². The third kappa shape index (κ3) is 5.15. The molecule has 0 saturated heterocycles. The molecule has 1 fully saturated rings. The summed E-state index contributed by atoms with van der Waals surface area (Å²) in [5.74, 6) is 0.849. The largest absolute Gasteiger partial charge is 0.497 e. The standard InChI is InChI=1S/C31H35NO5/c1-19-28(31(34)37-25-7-5-4-6-8-25)29(21-11-15-24(36-3)16-12-21)30-26(32-19)17-22(18-27(30)33)20-9-13-23(35-2)14-10-20/h9-16,22,25,29,32H,4-8,17-18H2,1-3H3/t22-,29+/m0/s1. The summed E-state index contributed by atoms with van der Waals surface area (Å²) >= 11 is 0. The zero-order chi connectivity index (χ0) is 25.9. The van der Waals surface area contributed by atoms with Gasteiger partial charge < -0.3 is 19.5 Å².